The SMILES string of the molecule is Cc1ccc(C23CC4CC(CC(C(=O)N5CCN(c6cc(Cl)ccc6C)CC5)(C4)C2)C3)cc1C. The highest BCUT2D eigenvalue weighted by molar-refractivity contribution is 6.30. The van der Waals surface area contributed by atoms with Crippen LogP contribution in [-0.4, -0.2) is 37.0 Å². The first-order valence-electron chi connectivity index (χ1n) is 13.2. The van der Waals surface area contributed by atoms with Gasteiger partial charge >= 0.3 is 0 Å². The Kier molecular flexibility index (Phi) is 5.30. The molecular weight excluding hydrogens is 440 g/mol. The van der Waals surface area contributed by atoms with E-state index in [9.17, 15) is 4.79 Å². The van der Waals surface area contributed by atoms with Crippen molar-refractivity contribution >= 4 is 23.2 Å². The number of rotatable bonds is 3. The zero-order chi connectivity index (χ0) is 23.7. The lowest BCUT2D eigenvalue weighted by molar-refractivity contribution is -0.160. The Morgan fingerprint density at radius 3 is 2.21 bits per heavy atom. The summed E-state index contributed by atoms with van der Waals surface area (Å²) in [6, 6.07) is 13.2. The second-order valence-electron chi connectivity index (χ2n) is 12.0. The van der Waals surface area contributed by atoms with Crippen LogP contribution in [0.4, 0.5) is 5.69 Å². The average Bonchev–Trinajstić information content (AvgIpc) is 2.81. The zero-order valence-electron chi connectivity index (χ0n) is 20.9. The van der Waals surface area contributed by atoms with Crippen LogP contribution in [0.3, 0.4) is 0 Å². The molecule has 4 bridgehead atoms. The van der Waals surface area contributed by atoms with Gasteiger partial charge in [-0.25, -0.2) is 0 Å². The van der Waals surface area contributed by atoms with Gasteiger partial charge in [0.1, 0.15) is 0 Å². The Hall–Kier alpha value is -2.00. The predicted molar refractivity (Wildman–Crippen MR) is 140 cm³/mol. The van der Waals surface area contributed by atoms with Gasteiger partial charge in [-0.2, -0.15) is 0 Å². The van der Waals surface area contributed by atoms with Gasteiger partial charge in [-0.05, 0) is 111 Å². The van der Waals surface area contributed by atoms with Crippen molar-refractivity contribution in [1.29, 1.82) is 0 Å². The number of hydrogen-bond acceptors (Lipinski definition) is 2. The van der Waals surface area contributed by atoms with E-state index in [1.54, 1.807) is 0 Å². The van der Waals surface area contributed by atoms with E-state index in [2.05, 4.69) is 60.9 Å². The number of benzene rings is 2. The van der Waals surface area contributed by atoms with Gasteiger partial charge in [-0.3, -0.25) is 4.79 Å². The lowest BCUT2D eigenvalue weighted by Crippen LogP contribution is -2.61. The Labute approximate surface area is 209 Å². The van der Waals surface area contributed by atoms with Crippen molar-refractivity contribution in [2.24, 2.45) is 17.3 Å². The highest BCUT2D eigenvalue weighted by Crippen LogP contribution is 2.66. The fourth-order valence-corrected chi connectivity index (χ4v) is 8.50. The molecule has 1 amide bonds. The lowest BCUT2D eigenvalue weighted by atomic mass is 9.42. The van der Waals surface area contributed by atoms with E-state index in [1.807, 2.05) is 6.07 Å². The smallest absolute Gasteiger partial charge is 0.228 e. The fraction of sp³-hybridized carbons (Fsp3) is 0.567. The number of nitrogens with zero attached hydrogens (tertiary/aromatic N) is 2. The van der Waals surface area contributed by atoms with Crippen LogP contribution < -0.4 is 4.90 Å². The normalized spacial score (nSPS) is 32.4. The predicted octanol–water partition coefficient (Wildman–Crippen LogP) is 6.45. The quantitative estimate of drug-likeness (QED) is 0.508. The number of hydrogen-bond donors (Lipinski definition) is 0. The molecule has 2 aromatic rings. The number of piperazine rings is 1. The molecule has 3 nitrogen and oxygen atoms in total. The van der Waals surface area contributed by atoms with Crippen LogP contribution >= 0.6 is 11.6 Å². The highest BCUT2D eigenvalue weighted by atomic mass is 35.5. The lowest BCUT2D eigenvalue weighted by Gasteiger charge is -2.62. The highest BCUT2D eigenvalue weighted by Gasteiger charge is 2.61. The first-order valence-corrected chi connectivity index (χ1v) is 13.5. The summed E-state index contributed by atoms with van der Waals surface area (Å²) in [6.45, 7) is 9.99. The molecular formula is C30H37ClN2O. The second-order valence-corrected chi connectivity index (χ2v) is 12.5. The Bertz CT molecular complexity index is 1120. The summed E-state index contributed by atoms with van der Waals surface area (Å²) in [7, 11) is 0. The minimum absolute atomic E-state index is 0.142. The minimum Gasteiger partial charge on any atom is -0.368 e. The largest absolute Gasteiger partial charge is 0.368 e. The van der Waals surface area contributed by atoms with E-state index in [0.717, 1.165) is 50.5 Å². The number of carbonyl (C=O) groups is 1. The summed E-state index contributed by atoms with van der Waals surface area (Å²) in [4.78, 5) is 18.8. The van der Waals surface area contributed by atoms with Crippen LogP contribution in [-0.2, 0) is 10.2 Å². The summed E-state index contributed by atoms with van der Waals surface area (Å²) < 4.78 is 0. The third-order valence-electron chi connectivity index (χ3n) is 9.71. The topological polar surface area (TPSA) is 23.6 Å². The number of carbonyl (C=O) groups excluding carboxylic acids is 1. The maximum Gasteiger partial charge on any atom is 0.228 e. The summed E-state index contributed by atoms with van der Waals surface area (Å²) in [5.74, 6) is 1.88. The zero-order valence-corrected chi connectivity index (χ0v) is 21.6. The standard InChI is InChI=1S/C30H37ClN2O/c1-20-4-6-25(12-22(20)3)29-15-23-13-24(16-29)18-30(17-23,19-29)28(34)33-10-8-32(9-11-33)27-14-26(31)7-5-21(27)2/h4-7,12,14,23-24H,8-11,13,15-19H2,1-3H3. The van der Waals surface area contributed by atoms with Gasteiger partial charge in [0.2, 0.25) is 5.91 Å². The Morgan fingerprint density at radius 2 is 1.53 bits per heavy atom. The molecule has 0 aromatic heterocycles. The molecule has 180 valence electrons. The first-order chi connectivity index (χ1) is 16.3. The molecule has 5 fully saturated rings. The number of anilines is 1. The van der Waals surface area contributed by atoms with Crippen molar-refractivity contribution in [2.75, 3.05) is 31.1 Å². The monoisotopic (exact) mass is 476 g/mol. The molecule has 1 aliphatic heterocycles. The number of halogens is 1. The van der Waals surface area contributed by atoms with Gasteiger partial charge in [0.15, 0.2) is 0 Å². The summed E-state index contributed by atoms with van der Waals surface area (Å²) >= 11 is 6.28. The van der Waals surface area contributed by atoms with Crippen LogP contribution in [0.15, 0.2) is 36.4 Å². The van der Waals surface area contributed by atoms with Gasteiger partial charge in [0.05, 0.1) is 5.41 Å². The van der Waals surface area contributed by atoms with Crippen LogP contribution in [0.25, 0.3) is 0 Å². The summed E-state index contributed by atoms with van der Waals surface area (Å²) in [5, 5.41) is 0.782. The Morgan fingerprint density at radius 1 is 0.853 bits per heavy atom. The van der Waals surface area contributed by atoms with Crippen molar-refractivity contribution in [3.8, 4) is 0 Å². The molecule has 1 heterocycles. The van der Waals surface area contributed by atoms with Gasteiger partial charge in [-0.15, -0.1) is 0 Å². The van der Waals surface area contributed by atoms with Gasteiger partial charge in [0.25, 0.3) is 0 Å². The van der Waals surface area contributed by atoms with E-state index < -0.39 is 0 Å². The van der Waals surface area contributed by atoms with E-state index in [1.165, 1.54) is 47.2 Å². The van der Waals surface area contributed by atoms with Crippen molar-refractivity contribution in [2.45, 2.75) is 64.7 Å². The van der Waals surface area contributed by atoms with E-state index >= 15 is 0 Å². The molecule has 34 heavy (non-hydrogen) atoms. The molecule has 2 aromatic carbocycles. The van der Waals surface area contributed by atoms with Crippen LogP contribution in [0.5, 0.6) is 0 Å². The molecule has 4 saturated carbocycles. The molecule has 0 N–H and O–H groups in total. The minimum atomic E-state index is -0.142. The third kappa shape index (κ3) is 3.58. The van der Waals surface area contributed by atoms with Crippen LogP contribution in [0.2, 0.25) is 5.02 Å². The van der Waals surface area contributed by atoms with Crippen molar-refractivity contribution in [1.82, 2.24) is 4.90 Å². The third-order valence-corrected chi connectivity index (χ3v) is 9.95. The van der Waals surface area contributed by atoms with E-state index in [4.69, 9.17) is 11.6 Å². The Balaban J connectivity index is 1.23. The molecule has 1 saturated heterocycles. The van der Waals surface area contributed by atoms with Crippen molar-refractivity contribution in [3.63, 3.8) is 0 Å². The van der Waals surface area contributed by atoms with Crippen LogP contribution in [0, 0.1) is 38.0 Å². The second kappa shape index (κ2) is 8.01. The van der Waals surface area contributed by atoms with Gasteiger partial charge in [0, 0.05) is 36.9 Å². The maximum absolute atomic E-state index is 14.2. The van der Waals surface area contributed by atoms with Gasteiger partial charge in [-0.1, -0.05) is 35.9 Å². The van der Waals surface area contributed by atoms with E-state index in [0.29, 0.717) is 17.7 Å². The average molecular weight is 477 g/mol. The summed E-state index contributed by atoms with van der Waals surface area (Å²) in [6.07, 6.45) is 7.18. The first kappa shape index (κ1) is 22.5. The number of amides is 1. The fourth-order valence-electron chi connectivity index (χ4n) is 8.33. The molecule has 0 radical (unpaired) electrons. The molecule has 5 aliphatic rings. The van der Waals surface area contributed by atoms with E-state index in [-0.39, 0.29) is 10.8 Å². The number of aryl methyl sites for hydroxylation is 3. The molecule has 4 aliphatic carbocycles. The van der Waals surface area contributed by atoms with Crippen molar-refractivity contribution < 1.29 is 4.79 Å². The van der Waals surface area contributed by atoms with Crippen molar-refractivity contribution in [3.05, 3.63) is 63.7 Å². The van der Waals surface area contributed by atoms with Gasteiger partial charge < -0.3 is 9.80 Å². The maximum atomic E-state index is 14.2. The molecule has 4 heteroatoms. The molecule has 7 rings (SSSR count). The molecule has 0 spiro atoms. The summed E-state index contributed by atoms with van der Waals surface area (Å²) in [5.41, 5.74) is 6.79. The van der Waals surface area contributed by atoms with Crippen LogP contribution in [0.1, 0.15) is 60.8 Å². The molecule has 2 atom stereocenters. The molecule has 2 unspecified atom stereocenters.